The summed E-state index contributed by atoms with van der Waals surface area (Å²) < 4.78 is 0. The van der Waals surface area contributed by atoms with Gasteiger partial charge in [0, 0.05) is 24.9 Å². The molecular weight excluding hydrogens is 226 g/mol. The largest absolute Gasteiger partial charge is 0.342 e. The number of amides is 1. The molecule has 1 aromatic carbocycles. The van der Waals surface area contributed by atoms with Crippen molar-refractivity contribution in [2.24, 2.45) is 0 Å². The highest BCUT2D eigenvalue weighted by atomic mass is 16.2. The number of hydrogen-bond acceptors (Lipinski definition) is 2. The fourth-order valence-corrected chi connectivity index (χ4v) is 2.58. The highest BCUT2D eigenvalue weighted by Crippen LogP contribution is 2.28. The number of hydrogen-bond donors (Lipinski definition) is 1. The zero-order chi connectivity index (χ0) is 12.7. The van der Waals surface area contributed by atoms with Gasteiger partial charge in [-0.25, -0.2) is 4.98 Å². The number of aromatic nitrogens is 2. The Morgan fingerprint density at radius 2 is 2.17 bits per heavy atom. The lowest BCUT2D eigenvalue weighted by Crippen LogP contribution is -2.31. The van der Waals surface area contributed by atoms with Gasteiger partial charge in [-0.15, -0.1) is 0 Å². The quantitative estimate of drug-likeness (QED) is 0.879. The molecule has 1 aliphatic heterocycles. The number of nitrogens with zero attached hydrogens (tertiary/aromatic N) is 2. The molecule has 1 amide bonds. The maximum atomic E-state index is 11.9. The lowest BCUT2D eigenvalue weighted by Gasteiger charge is -2.20. The highest BCUT2D eigenvalue weighted by Gasteiger charge is 2.33. The topological polar surface area (TPSA) is 49.0 Å². The molecule has 1 fully saturated rings. The van der Waals surface area contributed by atoms with E-state index in [1.165, 1.54) is 0 Å². The van der Waals surface area contributed by atoms with Crippen LogP contribution in [-0.2, 0) is 4.79 Å². The molecule has 0 unspecified atom stereocenters. The third-order valence-corrected chi connectivity index (χ3v) is 3.58. The summed E-state index contributed by atoms with van der Waals surface area (Å²) in [6.45, 7) is 4.88. The van der Waals surface area contributed by atoms with Gasteiger partial charge in [-0.05, 0) is 26.0 Å². The predicted molar refractivity (Wildman–Crippen MR) is 70.3 cm³/mol. The average Bonchev–Trinajstić information content (AvgIpc) is 2.91. The first-order valence-electron chi connectivity index (χ1n) is 6.39. The summed E-state index contributed by atoms with van der Waals surface area (Å²) in [5.74, 6) is 1.37. The van der Waals surface area contributed by atoms with Gasteiger partial charge in [-0.1, -0.05) is 12.1 Å². The van der Waals surface area contributed by atoms with E-state index in [0.29, 0.717) is 6.42 Å². The molecule has 1 aliphatic rings. The van der Waals surface area contributed by atoms with E-state index in [1.54, 1.807) is 0 Å². The lowest BCUT2D eigenvalue weighted by molar-refractivity contribution is -0.129. The van der Waals surface area contributed by atoms with E-state index in [1.807, 2.05) is 29.2 Å². The van der Waals surface area contributed by atoms with Crippen molar-refractivity contribution in [3.8, 4) is 0 Å². The third kappa shape index (κ3) is 1.78. The molecule has 1 atom stereocenters. The average molecular weight is 243 g/mol. The predicted octanol–water partition coefficient (Wildman–Crippen LogP) is 2.29. The summed E-state index contributed by atoms with van der Waals surface area (Å²) in [5.41, 5.74) is 2.02. The molecule has 3 rings (SSSR count). The second-order valence-corrected chi connectivity index (χ2v) is 5.18. The summed E-state index contributed by atoms with van der Waals surface area (Å²) in [5, 5.41) is 0. The fraction of sp³-hybridized carbons (Fsp3) is 0.429. The molecule has 0 bridgehead atoms. The number of aromatic amines is 1. The maximum absolute atomic E-state index is 11.9. The van der Waals surface area contributed by atoms with Crippen molar-refractivity contribution in [1.82, 2.24) is 14.9 Å². The third-order valence-electron chi connectivity index (χ3n) is 3.58. The molecule has 2 aromatic rings. The Hall–Kier alpha value is -1.84. The first-order valence-corrected chi connectivity index (χ1v) is 6.39. The van der Waals surface area contributed by atoms with Crippen molar-refractivity contribution in [3.05, 3.63) is 30.1 Å². The van der Waals surface area contributed by atoms with Gasteiger partial charge in [0.25, 0.3) is 0 Å². The number of carbonyl (C=O) groups excluding carboxylic acids is 1. The van der Waals surface area contributed by atoms with Gasteiger partial charge in [0.05, 0.1) is 11.0 Å². The van der Waals surface area contributed by atoms with Gasteiger partial charge in [-0.2, -0.15) is 0 Å². The summed E-state index contributed by atoms with van der Waals surface area (Å²) in [6.07, 6.45) is 0.567. The number of benzene rings is 1. The first kappa shape index (κ1) is 11.3. The number of fused-ring (bicyclic) bond motifs is 1. The van der Waals surface area contributed by atoms with Gasteiger partial charge in [0.1, 0.15) is 5.82 Å². The summed E-state index contributed by atoms with van der Waals surface area (Å²) in [7, 11) is 0. The van der Waals surface area contributed by atoms with Crippen molar-refractivity contribution in [2.45, 2.75) is 32.2 Å². The summed E-state index contributed by atoms with van der Waals surface area (Å²) >= 11 is 0. The van der Waals surface area contributed by atoms with E-state index >= 15 is 0 Å². The maximum Gasteiger partial charge on any atom is 0.223 e. The number of H-pyrrole nitrogens is 1. The Kier molecular flexibility index (Phi) is 2.58. The minimum atomic E-state index is 0.201. The van der Waals surface area contributed by atoms with Crippen LogP contribution in [0.3, 0.4) is 0 Å². The molecule has 1 aromatic heterocycles. The van der Waals surface area contributed by atoms with E-state index in [0.717, 1.165) is 23.4 Å². The van der Waals surface area contributed by atoms with E-state index < -0.39 is 0 Å². The van der Waals surface area contributed by atoms with Gasteiger partial charge in [0.15, 0.2) is 0 Å². The zero-order valence-electron chi connectivity index (χ0n) is 10.7. The van der Waals surface area contributed by atoms with E-state index in [-0.39, 0.29) is 17.9 Å². The lowest BCUT2D eigenvalue weighted by atomic mass is 10.1. The Balaban J connectivity index is 1.90. The van der Waals surface area contributed by atoms with E-state index in [2.05, 4.69) is 23.8 Å². The molecule has 0 aliphatic carbocycles. The van der Waals surface area contributed by atoms with Crippen LogP contribution in [0, 0.1) is 0 Å². The van der Waals surface area contributed by atoms with Crippen molar-refractivity contribution in [1.29, 1.82) is 0 Å². The number of rotatable bonds is 2. The van der Waals surface area contributed by atoms with E-state index in [4.69, 9.17) is 0 Å². The fourth-order valence-electron chi connectivity index (χ4n) is 2.58. The molecule has 1 saturated heterocycles. The van der Waals surface area contributed by atoms with E-state index in [9.17, 15) is 4.79 Å². The molecule has 4 heteroatoms. The Morgan fingerprint density at radius 3 is 2.83 bits per heavy atom. The second-order valence-electron chi connectivity index (χ2n) is 5.18. The number of carbonyl (C=O) groups is 1. The number of nitrogens with one attached hydrogen (secondary N) is 1. The summed E-state index contributed by atoms with van der Waals surface area (Å²) in [6, 6.07) is 8.25. The number of imidazole rings is 1. The zero-order valence-corrected chi connectivity index (χ0v) is 10.7. The Labute approximate surface area is 106 Å². The minimum absolute atomic E-state index is 0.201. The van der Waals surface area contributed by atoms with Gasteiger partial charge in [-0.3, -0.25) is 4.79 Å². The molecule has 0 radical (unpaired) electrons. The minimum Gasteiger partial charge on any atom is -0.342 e. The Bertz CT molecular complexity index is 554. The van der Waals surface area contributed by atoms with Gasteiger partial charge < -0.3 is 9.88 Å². The molecule has 94 valence electrons. The smallest absolute Gasteiger partial charge is 0.223 e. The van der Waals surface area contributed by atoms with Crippen molar-refractivity contribution in [3.63, 3.8) is 0 Å². The Morgan fingerprint density at radius 1 is 1.39 bits per heavy atom. The second kappa shape index (κ2) is 4.12. The van der Waals surface area contributed by atoms with Crippen LogP contribution in [0.2, 0.25) is 0 Å². The van der Waals surface area contributed by atoms with Crippen LogP contribution in [0.4, 0.5) is 0 Å². The van der Waals surface area contributed by atoms with Crippen LogP contribution in [-0.4, -0.2) is 33.4 Å². The van der Waals surface area contributed by atoms with Crippen LogP contribution in [0.5, 0.6) is 0 Å². The number of likely N-dealkylation sites (tertiary alicyclic amines) is 1. The van der Waals surface area contributed by atoms with Gasteiger partial charge in [0.2, 0.25) is 5.91 Å². The van der Waals surface area contributed by atoms with Crippen LogP contribution in [0.1, 0.15) is 32.0 Å². The molecule has 0 spiro atoms. The van der Waals surface area contributed by atoms with Crippen molar-refractivity contribution >= 4 is 16.9 Å². The first-order chi connectivity index (χ1) is 8.65. The molecule has 4 nitrogen and oxygen atoms in total. The van der Waals surface area contributed by atoms with Crippen LogP contribution < -0.4 is 0 Å². The number of para-hydroxylation sites is 2. The monoisotopic (exact) mass is 243 g/mol. The molecule has 2 heterocycles. The van der Waals surface area contributed by atoms with Gasteiger partial charge >= 0.3 is 0 Å². The van der Waals surface area contributed by atoms with Crippen LogP contribution in [0.25, 0.3) is 11.0 Å². The molecule has 18 heavy (non-hydrogen) atoms. The van der Waals surface area contributed by atoms with Crippen LogP contribution in [0.15, 0.2) is 24.3 Å². The summed E-state index contributed by atoms with van der Waals surface area (Å²) in [4.78, 5) is 21.7. The molecule has 0 saturated carbocycles. The standard InChI is InChI=1S/C14H17N3O/c1-9(2)17-8-10(7-13(17)18)14-15-11-5-3-4-6-12(11)16-14/h3-6,9-10H,7-8H2,1-2H3,(H,15,16)/t10-/m1/s1. The van der Waals surface area contributed by atoms with Crippen LogP contribution >= 0.6 is 0 Å². The molecular formula is C14H17N3O. The van der Waals surface area contributed by atoms with Crippen molar-refractivity contribution in [2.75, 3.05) is 6.54 Å². The normalized spacial score (nSPS) is 20.3. The molecule has 1 N–H and O–H groups in total. The SMILES string of the molecule is CC(C)N1C[C@H](c2nc3ccccc3[nH]2)CC1=O. The highest BCUT2D eigenvalue weighted by molar-refractivity contribution is 5.80. The van der Waals surface area contributed by atoms with Crippen molar-refractivity contribution < 1.29 is 4.79 Å².